The van der Waals surface area contributed by atoms with Gasteiger partial charge < -0.3 is 5.73 Å². The van der Waals surface area contributed by atoms with Crippen molar-refractivity contribution in [3.8, 4) is 5.69 Å². The van der Waals surface area contributed by atoms with E-state index in [2.05, 4.69) is 20.9 Å². The predicted octanol–water partition coefficient (Wildman–Crippen LogP) is 2.89. The average Bonchev–Trinajstić information content (AvgIpc) is 2.82. The van der Waals surface area contributed by atoms with Crippen LogP contribution >= 0.6 is 15.9 Å². The number of nitrogens with zero attached hydrogens (tertiary/aromatic N) is 2. The third kappa shape index (κ3) is 2.02. The number of amides is 1. The molecule has 1 heterocycles. The lowest BCUT2D eigenvalue weighted by atomic mass is 10.1. The standard InChI is InChI=1S/C14H10BrN3O/c15-9-5-6-12(10(7-9)14(16)19)18-8-17-11-3-1-2-4-13(11)18/h1-8H,(H2,16,19). The molecular weight excluding hydrogens is 306 g/mol. The van der Waals surface area contributed by atoms with Crippen molar-refractivity contribution in [2.45, 2.75) is 0 Å². The van der Waals surface area contributed by atoms with Gasteiger partial charge in [0.25, 0.3) is 5.91 Å². The molecule has 19 heavy (non-hydrogen) atoms. The Morgan fingerprint density at radius 3 is 2.79 bits per heavy atom. The Bertz CT molecular complexity index is 779. The van der Waals surface area contributed by atoms with Gasteiger partial charge in [-0.2, -0.15) is 0 Å². The van der Waals surface area contributed by atoms with Crippen LogP contribution in [-0.2, 0) is 0 Å². The van der Waals surface area contributed by atoms with Crippen LogP contribution in [0.3, 0.4) is 0 Å². The zero-order chi connectivity index (χ0) is 13.4. The van der Waals surface area contributed by atoms with Gasteiger partial charge in [0.1, 0.15) is 6.33 Å². The van der Waals surface area contributed by atoms with Crippen molar-refractivity contribution in [1.82, 2.24) is 9.55 Å². The van der Waals surface area contributed by atoms with E-state index in [1.165, 1.54) is 0 Å². The van der Waals surface area contributed by atoms with Crippen molar-refractivity contribution < 1.29 is 4.79 Å². The number of primary amides is 1. The van der Waals surface area contributed by atoms with E-state index in [1.54, 1.807) is 12.4 Å². The Morgan fingerprint density at radius 2 is 2.00 bits per heavy atom. The van der Waals surface area contributed by atoms with Gasteiger partial charge in [-0.3, -0.25) is 9.36 Å². The molecule has 94 valence electrons. The van der Waals surface area contributed by atoms with Crippen LogP contribution in [0.2, 0.25) is 0 Å². The minimum absolute atomic E-state index is 0.456. The number of nitrogens with two attached hydrogens (primary N) is 1. The summed E-state index contributed by atoms with van der Waals surface area (Å²) < 4.78 is 2.68. The molecule has 0 aliphatic heterocycles. The fourth-order valence-electron chi connectivity index (χ4n) is 2.07. The monoisotopic (exact) mass is 315 g/mol. The molecule has 3 aromatic rings. The van der Waals surface area contributed by atoms with Gasteiger partial charge in [-0.1, -0.05) is 28.1 Å². The van der Waals surface area contributed by atoms with Crippen molar-refractivity contribution in [3.63, 3.8) is 0 Å². The normalized spacial score (nSPS) is 10.8. The molecule has 0 unspecified atom stereocenters. The van der Waals surface area contributed by atoms with Crippen molar-refractivity contribution in [1.29, 1.82) is 0 Å². The van der Waals surface area contributed by atoms with Gasteiger partial charge in [0.05, 0.1) is 22.3 Å². The third-order valence-electron chi connectivity index (χ3n) is 2.94. The van der Waals surface area contributed by atoms with E-state index >= 15 is 0 Å². The first-order valence-corrected chi connectivity index (χ1v) is 6.48. The Hall–Kier alpha value is -2.14. The second-order valence-corrected chi connectivity index (χ2v) is 5.04. The first kappa shape index (κ1) is 11.9. The fourth-order valence-corrected chi connectivity index (χ4v) is 2.43. The molecule has 0 atom stereocenters. The summed E-state index contributed by atoms with van der Waals surface area (Å²) in [5.41, 5.74) is 8.44. The molecule has 2 aromatic carbocycles. The molecule has 4 nitrogen and oxygen atoms in total. The van der Waals surface area contributed by atoms with Crippen LogP contribution in [0.15, 0.2) is 53.3 Å². The van der Waals surface area contributed by atoms with Gasteiger partial charge in [0.2, 0.25) is 0 Å². The number of para-hydroxylation sites is 2. The number of halogens is 1. The van der Waals surface area contributed by atoms with E-state index in [1.807, 2.05) is 41.0 Å². The molecular formula is C14H10BrN3O. The molecule has 3 rings (SSSR count). The summed E-state index contributed by atoms with van der Waals surface area (Å²) >= 11 is 3.34. The second kappa shape index (κ2) is 4.51. The Kier molecular flexibility index (Phi) is 2.83. The van der Waals surface area contributed by atoms with Crippen LogP contribution < -0.4 is 5.73 Å². The van der Waals surface area contributed by atoms with Gasteiger partial charge in [0, 0.05) is 4.47 Å². The van der Waals surface area contributed by atoms with Crippen molar-refractivity contribution >= 4 is 32.9 Å². The summed E-state index contributed by atoms with van der Waals surface area (Å²) in [6.07, 6.45) is 1.69. The fraction of sp³-hybridized carbons (Fsp3) is 0. The van der Waals surface area contributed by atoms with Gasteiger partial charge in [-0.25, -0.2) is 4.98 Å². The number of benzene rings is 2. The van der Waals surface area contributed by atoms with E-state index in [-0.39, 0.29) is 0 Å². The highest BCUT2D eigenvalue weighted by Gasteiger charge is 2.12. The largest absolute Gasteiger partial charge is 0.366 e. The van der Waals surface area contributed by atoms with Gasteiger partial charge in [-0.15, -0.1) is 0 Å². The molecule has 0 saturated carbocycles. The lowest BCUT2D eigenvalue weighted by molar-refractivity contribution is 0.100. The van der Waals surface area contributed by atoms with Crippen molar-refractivity contribution in [2.24, 2.45) is 5.73 Å². The maximum atomic E-state index is 11.6. The quantitative estimate of drug-likeness (QED) is 0.790. The maximum Gasteiger partial charge on any atom is 0.250 e. The molecule has 1 aromatic heterocycles. The molecule has 0 bridgehead atoms. The number of hydrogen-bond acceptors (Lipinski definition) is 2. The van der Waals surface area contributed by atoms with Gasteiger partial charge in [-0.05, 0) is 30.3 Å². The molecule has 5 heteroatoms. The molecule has 0 fully saturated rings. The molecule has 0 radical (unpaired) electrons. The van der Waals surface area contributed by atoms with Crippen molar-refractivity contribution in [3.05, 3.63) is 58.8 Å². The Balaban J connectivity index is 2.30. The summed E-state index contributed by atoms with van der Waals surface area (Å²) in [7, 11) is 0. The summed E-state index contributed by atoms with van der Waals surface area (Å²) in [6.45, 7) is 0. The number of carbonyl (C=O) groups excluding carboxylic acids is 1. The summed E-state index contributed by atoms with van der Waals surface area (Å²) in [5, 5.41) is 0. The Morgan fingerprint density at radius 1 is 1.21 bits per heavy atom. The van der Waals surface area contributed by atoms with E-state index in [0.29, 0.717) is 5.56 Å². The number of carbonyl (C=O) groups is 1. The molecule has 0 aliphatic rings. The van der Waals surface area contributed by atoms with E-state index < -0.39 is 5.91 Å². The molecule has 0 spiro atoms. The SMILES string of the molecule is NC(=O)c1cc(Br)ccc1-n1cnc2ccccc21. The van der Waals surface area contributed by atoms with Crippen LogP contribution in [-0.4, -0.2) is 15.5 Å². The zero-order valence-corrected chi connectivity index (χ0v) is 11.5. The smallest absolute Gasteiger partial charge is 0.250 e. The highest BCUT2D eigenvalue weighted by molar-refractivity contribution is 9.10. The number of fused-ring (bicyclic) bond motifs is 1. The lowest BCUT2D eigenvalue weighted by Gasteiger charge is -2.09. The number of rotatable bonds is 2. The highest BCUT2D eigenvalue weighted by atomic mass is 79.9. The van der Waals surface area contributed by atoms with Crippen LogP contribution in [0.1, 0.15) is 10.4 Å². The third-order valence-corrected chi connectivity index (χ3v) is 3.43. The van der Waals surface area contributed by atoms with Gasteiger partial charge >= 0.3 is 0 Å². The topological polar surface area (TPSA) is 60.9 Å². The first-order chi connectivity index (χ1) is 9.16. The summed E-state index contributed by atoms with van der Waals surface area (Å²) in [6, 6.07) is 13.2. The van der Waals surface area contributed by atoms with Crippen LogP contribution in [0, 0.1) is 0 Å². The summed E-state index contributed by atoms with van der Waals surface area (Å²) in [4.78, 5) is 15.9. The number of imidazole rings is 1. The van der Waals surface area contributed by atoms with E-state index in [0.717, 1.165) is 21.2 Å². The van der Waals surface area contributed by atoms with Gasteiger partial charge in [0.15, 0.2) is 0 Å². The van der Waals surface area contributed by atoms with Crippen LogP contribution in [0.4, 0.5) is 0 Å². The van der Waals surface area contributed by atoms with E-state index in [4.69, 9.17) is 5.73 Å². The maximum absolute atomic E-state index is 11.6. The van der Waals surface area contributed by atoms with Crippen LogP contribution in [0.5, 0.6) is 0 Å². The second-order valence-electron chi connectivity index (χ2n) is 4.13. The molecule has 2 N–H and O–H groups in total. The molecule has 0 saturated heterocycles. The van der Waals surface area contributed by atoms with Crippen LogP contribution in [0.25, 0.3) is 16.7 Å². The first-order valence-electron chi connectivity index (χ1n) is 5.68. The minimum Gasteiger partial charge on any atom is -0.366 e. The highest BCUT2D eigenvalue weighted by Crippen LogP contribution is 2.23. The average molecular weight is 316 g/mol. The molecule has 0 aliphatic carbocycles. The lowest BCUT2D eigenvalue weighted by Crippen LogP contribution is -2.14. The minimum atomic E-state index is -0.464. The number of aromatic nitrogens is 2. The zero-order valence-electron chi connectivity index (χ0n) is 9.88. The number of hydrogen-bond donors (Lipinski definition) is 1. The Labute approximate surface area is 118 Å². The van der Waals surface area contributed by atoms with Crippen molar-refractivity contribution in [2.75, 3.05) is 0 Å². The molecule has 1 amide bonds. The summed E-state index contributed by atoms with van der Waals surface area (Å²) in [5.74, 6) is -0.464. The predicted molar refractivity (Wildman–Crippen MR) is 77.3 cm³/mol. The van der Waals surface area contributed by atoms with E-state index in [9.17, 15) is 4.79 Å².